The third-order valence-corrected chi connectivity index (χ3v) is 7.10. The molecule has 156 valence electrons. The van der Waals surface area contributed by atoms with E-state index in [9.17, 15) is 17.6 Å². The molecule has 30 heavy (non-hydrogen) atoms. The summed E-state index contributed by atoms with van der Waals surface area (Å²) in [6.45, 7) is 0.776. The molecule has 0 N–H and O–H groups in total. The van der Waals surface area contributed by atoms with Crippen molar-refractivity contribution < 1.29 is 22.0 Å². The molecule has 0 radical (unpaired) electrons. The normalized spacial score (nSPS) is 15.3. The Morgan fingerprint density at radius 3 is 2.27 bits per heavy atom. The quantitative estimate of drug-likeness (QED) is 0.607. The summed E-state index contributed by atoms with van der Waals surface area (Å²) in [4.78, 5) is 14.4. The first-order valence-corrected chi connectivity index (χ1v) is 11.1. The van der Waals surface area contributed by atoms with Crippen molar-refractivity contribution in [3.63, 3.8) is 0 Å². The summed E-state index contributed by atoms with van der Waals surface area (Å²) in [7, 11) is -3.66. The lowest BCUT2D eigenvalue weighted by molar-refractivity contribution is 0.0667. The van der Waals surface area contributed by atoms with Gasteiger partial charge in [-0.15, -0.1) is 0 Å². The van der Waals surface area contributed by atoms with Gasteiger partial charge in [-0.1, -0.05) is 23.7 Å². The smallest absolute Gasteiger partial charge is 0.289 e. The van der Waals surface area contributed by atoms with Crippen LogP contribution >= 0.6 is 11.6 Å². The number of carbonyl (C=O) groups excluding carboxylic acids is 1. The van der Waals surface area contributed by atoms with Crippen molar-refractivity contribution in [3.05, 3.63) is 77.3 Å². The van der Waals surface area contributed by atoms with E-state index in [4.69, 9.17) is 16.0 Å². The molecule has 0 bridgehead atoms. The van der Waals surface area contributed by atoms with Gasteiger partial charge in [0.05, 0.1) is 10.5 Å². The second-order valence-corrected chi connectivity index (χ2v) is 9.17. The Bertz CT molecular complexity index is 1170. The summed E-state index contributed by atoms with van der Waals surface area (Å²) >= 11 is 5.83. The van der Waals surface area contributed by atoms with Crippen LogP contribution in [0.3, 0.4) is 0 Å². The van der Waals surface area contributed by atoms with E-state index < -0.39 is 15.8 Å². The Hall–Kier alpha value is -2.68. The van der Waals surface area contributed by atoms with Crippen LogP contribution in [0, 0.1) is 5.82 Å². The summed E-state index contributed by atoms with van der Waals surface area (Å²) in [5.41, 5.74) is 0.274. The van der Waals surface area contributed by atoms with Crippen LogP contribution in [0.25, 0.3) is 11.3 Å². The number of amides is 1. The number of furan rings is 1. The van der Waals surface area contributed by atoms with Crippen molar-refractivity contribution in [1.82, 2.24) is 9.21 Å². The van der Waals surface area contributed by atoms with E-state index in [0.717, 1.165) is 0 Å². The van der Waals surface area contributed by atoms with E-state index in [1.165, 1.54) is 45.6 Å². The van der Waals surface area contributed by atoms with Crippen molar-refractivity contribution in [2.75, 3.05) is 26.2 Å². The van der Waals surface area contributed by atoms with Gasteiger partial charge in [-0.2, -0.15) is 4.31 Å². The predicted molar refractivity (Wildman–Crippen MR) is 110 cm³/mol. The van der Waals surface area contributed by atoms with Gasteiger partial charge >= 0.3 is 0 Å². The van der Waals surface area contributed by atoms with E-state index in [2.05, 4.69) is 0 Å². The molecule has 1 amide bonds. The first-order chi connectivity index (χ1) is 14.4. The highest BCUT2D eigenvalue weighted by Gasteiger charge is 2.31. The van der Waals surface area contributed by atoms with E-state index >= 15 is 0 Å². The number of benzene rings is 2. The lowest BCUT2D eigenvalue weighted by atomic mass is 10.1. The van der Waals surface area contributed by atoms with Crippen LogP contribution in [0.1, 0.15) is 10.6 Å². The van der Waals surface area contributed by atoms with Crippen molar-refractivity contribution in [2.45, 2.75) is 4.90 Å². The molecule has 1 saturated heterocycles. The Balaban J connectivity index is 1.44. The zero-order valence-corrected chi connectivity index (χ0v) is 17.4. The maximum Gasteiger partial charge on any atom is 0.289 e. The highest BCUT2D eigenvalue weighted by atomic mass is 35.5. The zero-order chi connectivity index (χ0) is 21.3. The third-order valence-electron chi connectivity index (χ3n) is 4.93. The molecular weight excluding hydrogens is 431 g/mol. The van der Waals surface area contributed by atoms with Crippen molar-refractivity contribution >= 4 is 27.5 Å². The first-order valence-electron chi connectivity index (χ1n) is 9.26. The molecule has 2 heterocycles. The molecule has 9 heteroatoms. The molecule has 1 fully saturated rings. The Morgan fingerprint density at radius 1 is 0.933 bits per heavy atom. The predicted octanol–water partition coefficient (Wildman–Crippen LogP) is 3.89. The van der Waals surface area contributed by atoms with E-state index in [-0.39, 0.29) is 54.1 Å². The molecule has 4 rings (SSSR count). The molecule has 6 nitrogen and oxygen atoms in total. The van der Waals surface area contributed by atoms with Gasteiger partial charge in [0.2, 0.25) is 10.0 Å². The van der Waals surface area contributed by atoms with Gasteiger partial charge in [0.25, 0.3) is 5.91 Å². The second kappa shape index (κ2) is 8.22. The summed E-state index contributed by atoms with van der Waals surface area (Å²) in [5.74, 6) is -0.448. The lowest BCUT2D eigenvalue weighted by Gasteiger charge is -2.33. The van der Waals surface area contributed by atoms with Crippen LogP contribution in [0.5, 0.6) is 0 Å². The van der Waals surface area contributed by atoms with Crippen LogP contribution < -0.4 is 0 Å². The molecule has 0 saturated carbocycles. The lowest BCUT2D eigenvalue weighted by Crippen LogP contribution is -2.50. The SMILES string of the molecule is O=C(c1ccc(-c2ccccc2F)o1)N1CCN(S(=O)(=O)c2ccc(Cl)cc2)CC1. The Labute approximate surface area is 178 Å². The van der Waals surface area contributed by atoms with Gasteiger partial charge in [0.1, 0.15) is 11.6 Å². The van der Waals surface area contributed by atoms with E-state index in [1.807, 2.05) is 0 Å². The molecule has 0 atom stereocenters. The fraction of sp³-hybridized carbons (Fsp3) is 0.190. The molecule has 0 aliphatic carbocycles. The Morgan fingerprint density at radius 2 is 1.60 bits per heavy atom. The molecule has 1 aliphatic heterocycles. The van der Waals surface area contributed by atoms with Crippen LogP contribution in [0.4, 0.5) is 4.39 Å². The van der Waals surface area contributed by atoms with Crippen molar-refractivity contribution in [3.8, 4) is 11.3 Å². The number of rotatable bonds is 4. The van der Waals surface area contributed by atoms with Gasteiger partial charge in [-0.05, 0) is 48.5 Å². The minimum absolute atomic E-state index is 0.0854. The Kier molecular flexibility index (Phi) is 5.64. The minimum Gasteiger partial charge on any atom is -0.451 e. The first kappa shape index (κ1) is 20.6. The monoisotopic (exact) mass is 448 g/mol. The zero-order valence-electron chi connectivity index (χ0n) is 15.8. The van der Waals surface area contributed by atoms with Gasteiger partial charge in [0.15, 0.2) is 5.76 Å². The maximum atomic E-state index is 13.9. The van der Waals surface area contributed by atoms with Crippen LogP contribution in [0.2, 0.25) is 5.02 Å². The largest absolute Gasteiger partial charge is 0.451 e. The van der Waals surface area contributed by atoms with Crippen molar-refractivity contribution in [1.29, 1.82) is 0 Å². The number of piperazine rings is 1. The highest BCUT2D eigenvalue weighted by Crippen LogP contribution is 2.26. The highest BCUT2D eigenvalue weighted by molar-refractivity contribution is 7.89. The molecule has 1 aliphatic rings. The average Bonchev–Trinajstić information content (AvgIpc) is 3.24. The fourth-order valence-electron chi connectivity index (χ4n) is 3.30. The van der Waals surface area contributed by atoms with E-state index in [0.29, 0.717) is 5.02 Å². The summed E-state index contributed by atoms with van der Waals surface area (Å²) in [5, 5.41) is 0.456. The van der Waals surface area contributed by atoms with Crippen LogP contribution in [0.15, 0.2) is 70.0 Å². The molecule has 3 aromatic rings. The number of halogens is 2. The molecule has 0 spiro atoms. The number of hydrogen-bond donors (Lipinski definition) is 0. The summed E-state index contributed by atoms with van der Waals surface area (Å²) in [6, 6.07) is 15.2. The topological polar surface area (TPSA) is 70.8 Å². The second-order valence-electron chi connectivity index (χ2n) is 6.79. The number of hydrogen-bond acceptors (Lipinski definition) is 4. The average molecular weight is 449 g/mol. The van der Waals surface area contributed by atoms with Gasteiger partial charge < -0.3 is 9.32 Å². The molecule has 2 aromatic carbocycles. The molecule has 1 aromatic heterocycles. The number of sulfonamides is 1. The third kappa shape index (κ3) is 3.98. The number of carbonyl (C=O) groups is 1. The van der Waals surface area contributed by atoms with Crippen molar-refractivity contribution in [2.24, 2.45) is 0 Å². The van der Waals surface area contributed by atoms with Gasteiger partial charge in [-0.25, -0.2) is 12.8 Å². The summed E-state index contributed by atoms with van der Waals surface area (Å²) in [6.07, 6.45) is 0. The molecule has 0 unspecified atom stereocenters. The number of nitrogens with zero attached hydrogens (tertiary/aromatic N) is 2. The van der Waals surface area contributed by atoms with E-state index in [1.54, 1.807) is 24.3 Å². The van der Waals surface area contributed by atoms with Crippen LogP contribution in [-0.2, 0) is 10.0 Å². The maximum absolute atomic E-state index is 13.9. The van der Waals surface area contributed by atoms with Gasteiger partial charge in [-0.3, -0.25) is 4.79 Å². The minimum atomic E-state index is -3.66. The standard InChI is InChI=1S/C21H18ClFN2O4S/c22-15-5-7-16(8-6-15)30(27,28)25-13-11-24(12-14-25)21(26)20-10-9-19(29-20)17-3-1-2-4-18(17)23/h1-10H,11-14H2. The van der Waals surface area contributed by atoms with Crippen LogP contribution in [-0.4, -0.2) is 49.7 Å². The molecular formula is C21H18ClFN2O4S. The summed E-state index contributed by atoms with van der Waals surface area (Å²) < 4.78 is 46.4. The fourth-order valence-corrected chi connectivity index (χ4v) is 4.85. The van der Waals surface area contributed by atoms with Gasteiger partial charge in [0, 0.05) is 31.2 Å².